The zero-order chi connectivity index (χ0) is 19.7. The van der Waals surface area contributed by atoms with Crippen molar-refractivity contribution < 1.29 is 9.90 Å². The SMILES string of the molecule is NCC(c1c[nH]c2ccc(Cl)cc12)C1(C(=O)O)N=C(Cc2ccccc2)SN1. The second-order valence-corrected chi connectivity index (χ2v) is 7.98. The van der Waals surface area contributed by atoms with Crippen molar-refractivity contribution in [2.45, 2.75) is 18.0 Å². The molecule has 0 amide bonds. The number of hydrogen-bond donors (Lipinski definition) is 4. The van der Waals surface area contributed by atoms with Crippen LogP contribution in [-0.2, 0) is 11.2 Å². The summed E-state index contributed by atoms with van der Waals surface area (Å²) in [4.78, 5) is 20.1. The molecule has 2 heterocycles. The summed E-state index contributed by atoms with van der Waals surface area (Å²) in [5.41, 5.74) is 7.24. The van der Waals surface area contributed by atoms with Crippen molar-refractivity contribution in [3.8, 4) is 0 Å². The fraction of sp³-hybridized carbons (Fsp3) is 0.200. The number of aromatic amines is 1. The first kappa shape index (κ1) is 19.0. The van der Waals surface area contributed by atoms with Crippen LogP contribution in [0.15, 0.2) is 59.7 Å². The average molecular weight is 415 g/mol. The van der Waals surface area contributed by atoms with E-state index in [1.807, 2.05) is 42.5 Å². The highest BCUT2D eigenvalue weighted by Crippen LogP contribution is 2.39. The number of fused-ring (bicyclic) bond motifs is 1. The van der Waals surface area contributed by atoms with E-state index in [0.717, 1.165) is 22.0 Å². The number of aromatic nitrogens is 1. The zero-order valence-electron chi connectivity index (χ0n) is 14.9. The Morgan fingerprint density at radius 1 is 1.29 bits per heavy atom. The van der Waals surface area contributed by atoms with Crippen molar-refractivity contribution in [2.75, 3.05) is 6.54 Å². The monoisotopic (exact) mass is 414 g/mol. The number of aliphatic imine (C=N–C) groups is 1. The standard InChI is InChI=1S/C20H19ClN4O2S/c21-13-6-7-17-14(9-13)15(11-23-17)16(10-22)20(19(26)27)24-18(28-25-20)8-12-4-2-1-3-5-12/h1-7,9,11,16,23,25H,8,10,22H2,(H,26,27). The van der Waals surface area contributed by atoms with Crippen molar-refractivity contribution in [3.05, 3.63) is 70.9 Å². The van der Waals surface area contributed by atoms with E-state index in [1.54, 1.807) is 12.3 Å². The highest BCUT2D eigenvalue weighted by Gasteiger charge is 2.50. The Morgan fingerprint density at radius 2 is 2.07 bits per heavy atom. The molecule has 1 aromatic heterocycles. The van der Waals surface area contributed by atoms with Gasteiger partial charge < -0.3 is 15.8 Å². The van der Waals surface area contributed by atoms with Crippen LogP contribution in [0.2, 0.25) is 5.02 Å². The molecule has 4 rings (SSSR count). The Kier molecular flexibility index (Phi) is 5.16. The van der Waals surface area contributed by atoms with Crippen LogP contribution in [0.4, 0.5) is 0 Å². The predicted molar refractivity (Wildman–Crippen MR) is 114 cm³/mol. The fourth-order valence-corrected chi connectivity index (χ4v) is 4.69. The third-order valence-corrected chi connectivity index (χ3v) is 6.06. The zero-order valence-corrected chi connectivity index (χ0v) is 16.4. The van der Waals surface area contributed by atoms with Gasteiger partial charge in [0.2, 0.25) is 5.66 Å². The number of nitrogens with one attached hydrogen (secondary N) is 2. The number of H-pyrrole nitrogens is 1. The van der Waals surface area contributed by atoms with Crippen LogP contribution in [-0.4, -0.2) is 33.3 Å². The highest BCUT2D eigenvalue weighted by atomic mass is 35.5. The summed E-state index contributed by atoms with van der Waals surface area (Å²) in [5.74, 6) is -1.63. The van der Waals surface area contributed by atoms with Crippen molar-refractivity contribution in [1.29, 1.82) is 0 Å². The van der Waals surface area contributed by atoms with Gasteiger partial charge in [0.05, 0.1) is 5.04 Å². The van der Waals surface area contributed by atoms with Crippen molar-refractivity contribution in [2.24, 2.45) is 10.7 Å². The van der Waals surface area contributed by atoms with Gasteiger partial charge in [0.25, 0.3) is 0 Å². The summed E-state index contributed by atoms with van der Waals surface area (Å²) >= 11 is 7.41. The molecule has 1 aliphatic rings. The number of carboxylic acids is 1. The van der Waals surface area contributed by atoms with E-state index in [1.165, 1.54) is 11.9 Å². The maximum absolute atomic E-state index is 12.3. The predicted octanol–water partition coefficient (Wildman–Crippen LogP) is 3.54. The van der Waals surface area contributed by atoms with Crippen molar-refractivity contribution in [1.82, 2.24) is 9.71 Å². The molecule has 0 saturated heterocycles. The maximum Gasteiger partial charge on any atom is 0.348 e. The molecule has 3 aromatic rings. The molecular formula is C20H19ClN4O2S. The number of aliphatic carboxylic acids is 1. The van der Waals surface area contributed by atoms with Crippen molar-refractivity contribution >= 4 is 45.5 Å². The summed E-state index contributed by atoms with van der Waals surface area (Å²) in [6.07, 6.45) is 2.35. The van der Waals surface area contributed by atoms with E-state index in [-0.39, 0.29) is 6.54 Å². The van der Waals surface area contributed by atoms with Gasteiger partial charge in [-0.15, -0.1) is 0 Å². The van der Waals surface area contributed by atoms with E-state index >= 15 is 0 Å². The number of nitrogens with two attached hydrogens (primary N) is 1. The van der Waals surface area contributed by atoms with Gasteiger partial charge in [-0.3, -0.25) is 0 Å². The molecule has 144 valence electrons. The molecule has 6 nitrogen and oxygen atoms in total. The van der Waals surface area contributed by atoms with Gasteiger partial charge in [0.1, 0.15) is 0 Å². The summed E-state index contributed by atoms with van der Waals surface area (Å²) in [5, 5.41) is 12.2. The molecular weight excluding hydrogens is 396 g/mol. The Morgan fingerprint density at radius 3 is 2.79 bits per heavy atom. The lowest BCUT2D eigenvalue weighted by Crippen LogP contribution is -2.52. The first-order chi connectivity index (χ1) is 13.5. The largest absolute Gasteiger partial charge is 0.478 e. The third kappa shape index (κ3) is 3.31. The number of benzene rings is 2. The summed E-state index contributed by atoms with van der Waals surface area (Å²) in [6.45, 7) is 0.113. The Balaban J connectivity index is 1.75. The van der Waals surface area contributed by atoms with E-state index < -0.39 is 17.6 Å². The average Bonchev–Trinajstić information content (AvgIpc) is 3.29. The molecule has 2 aromatic carbocycles. The molecule has 0 aliphatic carbocycles. The van der Waals surface area contributed by atoms with Crippen LogP contribution < -0.4 is 10.5 Å². The molecule has 0 saturated carbocycles. The number of halogens is 1. The molecule has 0 radical (unpaired) electrons. The maximum atomic E-state index is 12.3. The molecule has 0 bridgehead atoms. The van der Waals surface area contributed by atoms with Gasteiger partial charge in [-0.2, -0.15) is 0 Å². The van der Waals surface area contributed by atoms with E-state index in [2.05, 4.69) is 14.7 Å². The molecule has 0 fully saturated rings. The third-order valence-electron chi connectivity index (χ3n) is 4.94. The smallest absolute Gasteiger partial charge is 0.348 e. The van der Waals surface area contributed by atoms with Crippen LogP contribution in [0.1, 0.15) is 17.0 Å². The number of carbonyl (C=O) groups is 1. The summed E-state index contributed by atoms with van der Waals surface area (Å²) in [7, 11) is 0. The number of hydrogen-bond acceptors (Lipinski definition) is 5. The second kappa shape index (κ2) is 7.60. The minimum Gasteiger partial charge on any atom is -0.478 e. The molecule has 8 heteroatoms. The van der Waals surface area contributed by atoms with Crippen LogP contribution in [0, 0.1) is 0 Å². The number of carboxylic acid groups (broad SMARTS) is 1. The van der Waals surface area contributed by atoms with Crippen LogP contribution in [0.25, 0.3) is 10.9 Å². The minimum absolute atomic E-state index is 0.113. The minimum atomic E-state index is -1.54. The lowest BCUT2D eigenvalue weighted by Gasteiger charge is -2.29. The first-order valence-corrected chi connectivity index (χ1v) is 9.99. The Bertz CT molecular complexity index is 1050. The fourth-order valence-electron chi connectivity index (χ4n) is 3.54. The molecule has 1 aliphatic heterocycles. The number of rotatable bonds is 6. The van der Waals surface area contributed by atoms with E-state index in [9.17, 15) is 9.90 Å². The lowest BCUT2D eigenvalue weighted by molar-refractivity contribution is -0.144. The Labute approximate surface area is 171 Å². The van der Waals surface area contributed by atoms with Crippen LogP contribution in [0.5, 0.6) is 0 Å². The number of nitrogens with zero attached hydrogens (tertiary/aromatic N) is 1. The summed E-state index contributed by atoms with van der Waals surface area (Å²) in [6, 6.07) is 15.3. The van der Waals surface area contributed by atoms with Gasteiger partial charge in [0, 0.05) is 41.0 Å². The van der Waals surface area contributed by atoms with E-state index in [0.29, 0.717) is 16.5 Å². The normalized spacial score (nSPS) is 20.3. The molecule has 28 heavy (non-hydrogen) atoms. The van der Waals surface area contributed by atoms with Gasteiger partial charge in [-0.05, 0) is 41.3 Å². The van der Waals surface area contributed by atoms with Gasteiger partial charge in [0.15, 0.2) is 0 Å². The summed E-state index contributed by atoms with van der Waals surface area (Å²) < 4.78 is 3.05. The van der Waals surface area contributed by atoms with E-state index in [4.69, 9.17) is 17.3 Å². The van der Waals surface area contributed by atoms with Crippen LogP contribution in [0.3, 0.4) is 0 Å². The molecule has 2 unspecified atom stereocenters. The molecule has 0 spiro atoms. The van der Waals surface area contributed by atoms with Gasteiger partial charge in [-0.1, -0.05) is 41.9 Å². The van der Waals surface area contributed by atoms with Crippen molar-refractivity contribution in [3.63, 3.8) is 0 Å². The first-order valence-electron chi connectivity index (χ1n) is 8.80. The Hall–Kier alpha value is -2.32. The highest BCUT2D eigenvalue weighted by molar-refractivity contribution is 8.12. The molecule has 5 N–H and O–H groups in total. The topological polar surface area (TPSA) is 104 Å². The quantitative estimate of drug-likeness (QED) is 0.462. The second-order valence-electron chi connectivity index (χ2n) is 6.67. The molecule has 2 atom stereocenters. The van der Waals surface area contributed by atoms with Crippen LogP contribution >= 0.6 is 23.5 Å². The van der Waals surface area contributed by atoms with Gasteiger partial charge in [-0.25, -0.2) is 14.5 Å². The van der Waals surface area contributed by atoms with Gasteiger partial charge >= 0.3 is 5.97 Å². The lowest BCUT2D eigenvalue weighted by atomic mass is 9.86.